The molecule has 6 nitrogen and oxygen atoms in total. The van der Waals surface area contributed by atoms with E-state index in [2.05, 4.69) is 15.0 Å². The predicted molar refractivity (Wildman–Crippen MR) is 86.7 cm³/mol. The van der Waals surface area contributed by atoms with Crippen LogP contribution >= 0.6 is 0 Å². The van der Waals surface area contributed by atoms with Crippen molar-refractivity contribution in [1.82, 2.24) is 19.4 Å². The molecule has 1 saturated heterocycles. The standard InChI is InChI=1S/C16H15F3N6/c17-16(18,19)12-2-1-3-20-13(12)24-8-10-25(11-9-24)15-14-21-4-6-23(14)7-5-22-15/h1-7H,8-11H2. The molecule has 0 N–H and O–H groups in total. The molecule has 0 spiro atoms. The lowest BCUT2D eigenvalue weighted by molar-refractivity contribution is -0.137. The Labute approximate surface area is 141 Å². The van der Waals surface area contributed by atoms with E-state index in [4.69, 9.17) is 0 Å². The average molecular weight is 348 g/mol. The molecule has 0 amide bonds. The van der Waals surface area contributed by atoms with Crippen LogP contribution in [0.1, 0.15) is 5.56 Å². The molecule has 1 aliphatic heterocycles. The van der Waals surface area contributed by atoms with Gasteiger partial charge < -0.3 is 14.2 Å². The fourth-order valence-electron chi connectivity index (χ4n) is 3.06. The number of pyridine rings is 1. The number of halogens is 3. The van der Waals surface area contributed by atoms with Crippen molar-refractivity contribution >= 4 is 17.3 Å². The van der Waals surface area contributed by atoms with E-state index in [-0.39, 0.29) is 5.82 Å². The summed E-state index contributed by atoms with van der Waals surface area (Å²) in [5.74, 6) is 0.728. The van der Waals surface area contributed by atoms with E-state index in [0.717, 1.165) is 17.5 Å². The minimum atomic E-state index is -4.41. The molecule has 0 radical (unpaired) electrons. The highest BCUT2D eigenvalue weighted by Crippen LogP contribution is 2.35. The predicted octanol–water partition coefficient (Wildman–Crippen LogP) is 2.47. The monoisotopic (exact) mass is 348 g/mol. The summed E-state index contributed by atoms with van der Waals surface area (Å²) in [5, 5.41) is 0. The van der Waals surface area contributed by atoms with Crippen molar-refractivity contribution in [2.75, 3.05) is 36.0 Å². The molecule has 3 aromatic heterocycles. The van der Waals surface area contributed by atoms with Gasteiger partial charge in [0.1, 0.15) is 5.82 Å². The van der Waals surface area contributed by atoms with E-state index >= 15 is 0 Å². The molecule has 4 rings (SSSR count). The fraction of sp³-hybridized carbons (Fsp3) is 0.312. The van der Waals surface area contributed by atoms with E-state index < -0.39 is 11.7 Å². The van der Waals surface area contributed by atoms with Gasteiger partial charge >= 0.3 is 6.18 Å². The van der Waals surface area contributed by atoms with E-state index in [0.29, 0.717) is 26.2 Å². The number of fused-ring (bicyclic) bond motifs is 1. The Morgan fingerprint density at radius 3 is 2.08 bits per heavy atom. The Morgan fingerprint density at radius 2 is 1.40 bits per heavy atom. The summed E-state index contributed by atoms with van der Waals surface area (Å²) in [7, 11) is 0. The first-order valence-electron chi connectivity index (χ1n) is 7.84. The summed E-state index contributed by atoms with van der Waals surface area (Å²) >= 11 is 0. The average Bonchev–Trinajstić information content (AvgIpc) is 3.10. The zero-order chi connectivity index (χ0) is 17.4. The maximum Gasteiger partial charge on any atom is 0.419 e. The number of hydrogen-bond donors (Lipinski definition) is 0. The first kappa shape index (κ1) is 15.7. The second kappa shape index (κ2) is 5.91. The minimum Gasteiger partial charge on any atom is -0.353 e. The van der Waals surface area contributed by atoms with Crippen LogP contribution in [0.2, 0.25) is 0 Å². The summed E-state index contributed by atoms with van der Waals surface area (Å²) in [6, 6.07) is 2.38. The highest BCUT2D eigenvalue weighted by Gasteiger charge is 2.36. The normalized spacial score (nSPS) is 15.8. The molecule has 0 unspecified atom stereocenters. The number of piperazine rings is 1. The van der Waals surface area contributed by atoms with Gasteiger partial charge in [0.2, 0.25) is 0 Å². The minimum absolute atomic E-state index is 0.0124. The van der Waals surface area contributed by atoms with Crippen molar-refractivity contribution in [1.29, 1.82) is 0 Å². The van der Waals surface area contributed by atoms with Gasteiger partial charge in [-0.1, -0.05) is 0 Å². The molecule has 1 fully saturated rings. The van der Waals surface area contributed by atoms with E-state index in [1.807, 2.05) is 21.7 Å². The van der Waals surface area contributed by atoms with Crippen LogP contribution in [-0.2, 0) is 6.18 Å². The van der Waals surface area contributed by atoms with Gasteiger partial charge in [0.05, 0.1) is 5.56 Å². The fourth-order valence-corrected chi connectivity index (χ4v) is 3.06. The maximum absolute atomic E-state index is 13.2. The van der Waals surface area contributed by atoms with Gasteiger partial charge in [-0.05, 0) is 12.1 Å². The zero-order valence-electron chi connectivity index (χ0n) is 13.2. The van der Waals surface area contributed by atoms with Crippen LogP contribution in [0.15, 0.2) is 43.1 Å². The van der Waals surface area contributed by atoms with Gasteiger partial charge in [-0.15, -0.1) is 0 Å². The largest absolute Gasteiger partial charge is 0.419 e. The van der Waals surface area contributed by atoms with Crippen molar-refractivity contribution in [2.24, 2.45) is 0 Å². The van der Waals surface area contributed by atoms with Crippen LogP contribution in [0.4, 0.5) is 24.8 Å². The molecule has 3 aromatic rings. The lowest BCUT2D eigenvalue weighted by atomic mass is 10.2. The SMILES string of the molecule is FC(F)(F)c1cccnc1N1CCN(c2nccn3ccnc23)CC1. The molecule has 0 aromatic carbocycles. The molecular weight excluding hydrogens is 333 g/mol. The maximum atomic E-state index is 13.2. The lowest BCUT2D eigenvalue weighted by Gasteiger charge is -2.36. The van der Waals surface area contributed by atoms with Crippen molar-refractivity contribution in [3.63, 3.8) is 0 Å². The lowest BCUT2D eigenvalue weighted by Crippen LogP contribution is -2.47. The van der Waals surface area contributed by atoms with Crippen LogP contribution in [0.25, 0.3) is 5.65 Å². The molecule has 9 heteroatoms. The Hall–Kier alpha value is -2.84. The van der Waals surface area contributed by atoms with Crippen LogP contribution in [0.3, 0.4) is 0 Å². The summed E-state index contributed by atoms with van der Waals surface area (Å²) < 4.78 is 41.4. The Bertz CT molecular complexity index is 883. The molecule has 4 heterocycles. The van der Waals surface area contributed by atoms with Crippen LogP contribution in [0, 0.1) is 0 Å². The second-order valence-electron chi connectivity index (χ2n) is 5.76. The Morgan fingerprint density at radius 1 is 0.800 bits per heavy atom. The van der Waals surface area contributed by atoms with E-state index in [1.165, 1.54) is 12.3 Å². The molecule has 0 bridgehead atoms. The van der Waals surface area contributed by atoms with Crippen molar-refractivity contribution in [2.45, 2.75) is 6.18 Å². The topological polar surface area (TPSA) is 49.6 Å². The summed E-state index contributed by atoms with van der Waals surface area (Å²) in [5.41, 5.74) is 0.0432. The van der Waals surface area contributed by atoms with Gasteiger partial charge in [-0.25, -0.2) is 15.0 Å². The van der Waals surface area contributed by atoms with Gasteiger partial charge in [0.15, 0.2) is 11.5 Å². The summed E-state index contributed by atoms with van der Waals surface area (Å²) in [4.78, 5) is 16.4. The number of rotatable bonds is 2. The zero-order valence-corrected chi connectivity index (χ0v) is 13.2. The number of aromatic nitrogens is 4. The molecule has 1 aliphatic rings. The van der Waals surface area contributed by atoms with Crippen LogP contribution in [-0.4, -0.2) is 45.5 Å². The molecule has 0 aliphatic carbocycles. The molecule has 0 atom stereocenters. The van der Waals surface area contributed by atoms with Crippen LogP contribution in [0.5, 0.6) is 0 Å². The van der Waals surface area contributed by atoms with E-state index in [1.54, 1.807) is 17.3 Å². The quantitative estimate of drug-likeness (QED) is 0.712. The number of alkyl halides is 3. The van der Waals surface area contributed by atoms with Gasteiger partial charge in [0.25, 0.3) is 0 Å². The third-order valence-electron chi connectivity index (χ3n) is 4.26. The number of imidazole rings is 1. The Balaban J connectivity index is 1.56. The third kappa shape index (κ3) is 2.86. The van der Waals surface area contributed by atoms with Gasteiger partial charge in [-0.3, -0.25) is 0 Å². The summed E-state index contributed by atoms with van der Waals surface area (Å²) in [6.07, 6.45) is 4.01. The molecule has 0 saturated carbocycles. The van der Waals surface area contributed by atoms with Gasteiger partial charge in [0, 0.05) is 57.2 Å². The number of hydrogen-bond acceptors (Lipinski definition) is 5. The smallest absolute Gasteiger partial charge is 0.353 e. The number of nitrogens with zero attached hydrogens (tertiary/aromatic N) is 6. The van der Waals surface area contributed by atoms with Crippen molar-refractivity contribution in [3.05, 3.63) is 48.7 Å². The third-order valence-corrected chi connectivity index (χ3v) is 4.26. The summed E-state index contributed by atoms with van der Waals surface area (Å²) in [6.45, 7) is 1.97. The Kier molecular flexibility index (Phi) is 3.70. The highest BCUT2D eigenvalue weighted by molar-refractivity contribution is 5.64. The molecule has 130 valence electrons. The first-order valence-corrected chi connectivity index (χ1v) is 7.84. The van der Waals surface area contributed by atoms with Crippen LogP contribution < -0.4 is 9.80 Å². The first-order chi connectivity index (χ1) is 12.0. The van der Waals surface area contributed by atoms with Gasteiger partial charge in [-0.2, -0.15) is 13.2 Å². The van der Waals surface area contributed by atoms with Crippen molar-refractivity contribution < 1.29 is 13.2 Å². The highest BCUT2D eigenvalue weighted by atomic mass is 19.4. The van der Waals surface area contributed by atoms with E-state index in [9.17, 15) is 13.2 Å². The molecule has 25 heavy (non-hydrogen) atoms. The van der Waals surface area contributed by atoms with Crippen molar-refractivity contribution in [3.8, 4) is 0 Å². The number of anilines is 2. The second-order valence-corrected chi connectivity index (χ2v) is 5.76. The molecular formula is C16H15F3N6.